The van der Waals surface area contributed by atoms with Crippen LogP contribution >= 0.6 is 12.4 Å². The molecule has 0 aromatic heterocycles. The Morgan fingerprint density at radius 2 is 1.89 bits per heavy atom. The van der Waals surface area contributed by atoms with Gasteiger partial charge in [0.2, 0.25) is 10.0 Å². The van der Waals surface area contributed by atoms with Crippen LogP contribution in [0.2, 0.25) is 0 Å². The molecule has 0 aromatic rings. The fraction of sp³-hybridized carbons (Fsp3) is 1.00. The quantitative estimate of drug-likeness (QED) is 0.749. The fourth-order valence-electron chi connectivity index (χ4n) is 2.39. The van der Waals surface area contributed by atoms with Gasteiger partial charge in [0.15, 0.2) is 0 Å². The maximum atomic E-state index is 11.7. The average molecular weight is 297 g/mol. The smallest absolute Gasteiger partial charge is 0.211 e. The van der Waals surface area contributed by atoms with Crippen LogP contribution in [0.5, 0.6) is 0 Å². The first-order chi connectivity index (χ1) is 8.16. The van der Waals surface area contributed by atoms with E-state index in [-0.39, 0.29) is 12.4 Å². The first-order valence-corrected chi connectivity index (χ1v) is 8.49. The van der Waals surface area contributed by atoms with Gasteiger partial charge in [0.05, 0.1) is 5.75 Å². The summed E-state index contributed by atoms with van der Waals surface area (Å²) in [6, 6.07) is 0. The molecule has 0 radical (unpaired) electrons. The van der Waals surface area contributed by atoms with Crippen LogP contribution in [0.25, 0.3) is 0 Å². The van der Waals surface area contributed by atoms with E-state index in [9.17, 15) is 8.42 Å². The van der Waals surface area contributed by atoms with E-state index in [1.165, 1.54) is 25.7 Å². The third-order valence-electron chi connectivity index (χ3n) is 3.77. The molecule has 0 aromatic carbocycles. The van der Waals surface area contributed by atoms with Gasteiger partial charge in [0.1, 0.15) is 0 Å². The van der Waals surface area contributed by atoms with Gasteiger partial charge in [0.25, 0.3) is 0 Å². The van der Waals surface area contributed by atoms with Crippen molar-refractivity contribution in [2.75, 3.05) is 25.4 Å². The van der Waals surface area contributed by atoms with Crippen LogP contribution in [-0.4, -0.2) is 33.8 Å². The second-order valence-electron chi connectivity index (χ2n) is 5.45. The normalized spacial score (nSPS) is 24.6. The maximum absolute atomic E-state index is 11.7. The molecule has 2 N–H and O–H groups in total. The van der Waals surface area contributed by atoms with Crippen molar-refractivity contribution in [1.29, 1.82) is 0 Å². The predicted octanol–water partition coefficient (Wildman–Crippen LogP) is 1.52. The van der Waals surface area contributed by atoms with Crippen molar-refractivity contribution in [2.24, 2.45) is 11.8 Å². The van der Waals surface area contributed by atoms with Gasteiger partial charge in [-0.15, -0.1) is 12.4 Å². The summed E-state index contributed by atoms with van der Waals surface area (Å²) in [4.78, 5) is 0. The summed E-state index contributed by atoms with van der Waals surface area (Å²) in [5.41, 5.74) is 0. The summed E-state index contributed by atoms with van der Waals surface area (Å²) in [7, 11) is -3.01. The Labute approximate surface area is 117 Å². The van der Waals surface area contributed by atoms with Crippen molar-refractivity contribution < 1.29 is 8.42 Å². The minimum absolute atomic E-state index is 0. The molecule has 0 bridgehead atoms. The monoisotopic (exact) mass is 296 g/mol. The fourth-order valence-corrected chi connectivity index (χ4v) is 3.61. The van der Waals surface area contributed by atoms with Gasteiger partial charge >= 0.3 is 0 Å². The number of hydrogen-bond donors (Lipinski definition) is 2. The molecule has 1 saturated carbocycles. The minimum atomic E-state index is -3.01. The first-order valence-electron chi connectivity index (χ1n) is 6.84. The van der Waals surface area contributed by atoms with Crippen LogP contribution in [0.15, 0.2) is 0 Å². The van der Waals surface area contributed by atoms with Gasteiger partial charge < -0.3 is 5.32 Å². The maximum Gasteiger partial charge on any atom is 0.211 e. The van der Waals surface area contributed by atoms with Crippen LogP contribution in [0.3, 0.4) is 0 Å². The molecule has 0 spiro atoms. The van der Waals surface area contributed by atoms with Crippen LogP contribution < -0.4 is 10.0 Å². The zero-order valence-electron chi connectivity index (χ0n) is 10.9. The highest BCUT2D eigenvalue weighted by Gasteiger charge is 2.23. The number of halogens is 1. The van der Waals surface area contributed by atoms with Crippen molar-refractivity contribution in [3.63, 3.8) is 0 Å². The number of rotatable bonds is 7. The van der Waals surface area contributed by atoms with Crippen molar-refractivity contribution in [1.82, 2.24) is 10.0 Å². The largest absolute Gasteiger partial charge is 0.316 e. The second-order valence-corrected chi connectivity index (χ2v) is 7.37. The number of sulfonamides is 1. The lowest BCUT2D eigenvalue weighted by atomic mass is 9.96. The van der Waals surface area contributed by atoms with Crippen LogP contribution in [0.4, 0.5) is 0 Å². The van der Waals surface area contributed by atoms with E-state index in [0.717, 1.165) is 25.9 Å². The van der Waals surface area contributed by atoms with Crippen LogP contribution in [0.1, 0.15) is 38.5 Å². The lowest BCUT2D eigenvalue weighted by molar-refractivity contribution is 0.358. The molecule has 1 aliphatic heterocycles. The number of nitrogens with one attached hydrogen (secondary N) is 2. The summed E-state index contributed by atoms with van der Waals surface area (Å²) < 4.78 is 26.1. The van der Waals surface area contributed by atoms with Gasteiger partial charge in [-0.3, -0.25) is 0 Å². The van der Waals surface area contributed by atoms with E-state index in [1.807, 2.05) is 0 Å². The van der Waals surface area contributed by atoms with Crippen molar-refractivity contribution in [3.8, 4) is 0 Å². The molecular formula is C12H25ClN2O2S. The van der Waals surface area contributed by atoms with Gasteiger partial charge in [-0.25, -0.2) is 13.1 Å². The van der Waals surface area contributed by atoms with Crippen molar-refractivity contribution in [2.45, 2.75) is 38.5 Å². The molecule has 0 amide bonds. The second kappa shape index (κ2) is 7.68. The van der Waals surface area contributed by atoms with E-state index >= 15 is 0 Å². The Hall–Kier alpha value is 0.160. The molecule has 2 fully saturated rings. The summed E-state index contributed by atoms with van der Waals surface area (Å²) in [6.45, 7) is 2.77. The van der Waals surface area contributed by atoms with E-state index in [1.54, 1.807) is 0 Å². The SMILES string of the molecule is Cl.O=S(=O)(CCC1CC1)NCCC1CCCNC1. The number of piperidine rings is 1. The lowest BCUT2D eigenvalue weighted by Gasteiger charge is -2.22. The Morgan fingerprint density at radius 3 is 2.50 bits per heavy atom. The Balaban J connectivity index is 0.00000162. The zero-order chi connectivity index (χ0) is 12.1. The zero-order valence-corrected chi connectivity index (χ0v) is 12.5. The molecular weight excluding hydrogens is 272 g/mol. The highest BCUT2D eigenvalue weighted by molar-refractivity contribution is 7.89. The summed E-state index contributed by atoms with van der Waals surface area (Å²) in [5, 5.41) is 3.35. The topological polar surface area (TPSA) is 58.2 Å². The van der Waals surface area contributed by atoms with Crippen LogP contribution in [0, 0.1) is 11.8 Å². The molecule has 6 heteroatoms. The highest BCUT2D eigenvalue weighted by Crippen LogP contribution is 2.32. The lowest BCUT2D eigenvalue weighted by Crippen LogP contribution is -2.33. The summed E-state index contributed by atoms with van der Waals surface area (Å²) in [6.07, 6.45) is 6.72. The molecule has 4 nitrogen and oxygen atoms in total. The number of hydrogen-bond acceptors (Lipinski definition) is 3. The predicted molar refractivity (Wildman–Crippen MR) is 76.6 cm³/mol. The summed E-state index contributed by atoms with van der Waals surface area (Å²) >= 11 is 0. The molecule has 2 rings (SSSR count). The molecule has 1 aliphatic carbocycles. The third kappa shape index (κ3) is 6.36. The highest BCUT2D eigenvalue weighted by atomic mass is 35.5. The molecule has 18 heavy (non-hydrogen) atoms. The molecule has 1 heterocycles. The molecule has 108 valence electrons. The average Bonchev–Trinajstić information content (AvgIpc) is 3.12. The third-order valence-corrected chi connectivity index (χ3v) is 5.18. The Morgan fingerprint density at radius 1 is 1.11 bits per heavy atom. The first kappa shape index (κ1) is 16.2. The summed E-state index contributed by atoms with van der Waals surface area (Å²) in [5.74, 6) is 1.66. The van der Waals surface area contributed by atoms with Gasteiger partial charge in [0, 0.05) is 6.54 Å². The van der Waals surface area contributed by atoms with Crippen molar-refractivity contribution >= 4 is 22.4 Å². The standard InChI is InChI=1S/C12H24N2O2S.ClH/c15-17(16,9-6-11-3-4-11)14-8-5-12-2-1-7-13-10-12;/h11-14H,1-10H2;1H. The molecule has 1 atom stereocenters. The van der Waals surface area contributed by atoms with Crippen molar-refractivity contribution in [3.05, 3.63) is 0 Å². The molecule has 1 saturated heterocycles. The molecule has 2 aliphatic rings. The van der Waals surface area contributed by atoms with E-state index in [0.29, 0.717) is 24.1 Å². The van der Waals surface area contributed by atoms with Gasteiger partial charge in [-0.2, -0.15) is 0 Å². The van der Waals surface area contributed by atoms with Crippen LogP contribution in [-0.2, 0) is 10.0 Å². The minimum Gasteiger partial charge on any atom is -0.316 e. The Bertz CT molecular complexity index is 325. The van der Waals surface area contributed by atoms with Gasteiger partial charge in [-0.05, 0) is 50.6 Å². The van der Waals surface area contributed by atoms with Gasteiger partial charge in [-0.1, -0.05) is 12.8 Å². The van der Waals surface area contributed by atoms with E-state index in [4.69, 9.17) is 0 Å². The molecule has 1 unspecified atom stereocenters. The van der Waals surface area contributed by atoms with E-state index in [2.05, 4.69) is 10.0 Å². The van der Waals surface area contributed by atoms with E-state index < -0.39 is 10.0 Å². The Kier molecular flexibility index (Phi) is 6.92.